The van der Waals surface area contributed by atoms with Gasteiger partial charge in [0, 0.05) is 55.9 Å². The van der Waals surface area contributed by atoms with E-state index in [0.29, 0.717) is 0 Å². The van der Waals surface area contributed by atoms with Gasteiger partial charge in [-0.05, 0) is 19.1 Å². The number of methoxy groups -OCH3 is 1. The summed E-state index contributed by atoms with van der Waals surface area (Å²) in [4.78, 5) is 9.56. The Morgan fingerprint density at radius 3 is 2.74 bits per heavy atom. The van der Waals surface area contributed by atoms with Crippen molar-refractivity contribution in [1.29, 1.82) is 0 Å². The van der Waals surface area contributed by atoms with Crippen LogP contribution in [0.15, 0.2) is 24.3 Å². The maximum Gasteiger partial charge on any atom is 0.145 e. The lowest BCUT2D eigenvalue weighted by molar-refractivity contribution is 0.264. The van der Waals surface area contributed by atoms with Crippen molar-refractivity contribution in [1.82, 2.24) is 9.88 Å². The molecule has 1 aliphatic heterocycles. The van der Waals surface area contributed by atoms with E-state index in [-0.39, 0.29) is 0 Å². The van der Waals surface area contributed by atoms with Crippen LogP contribution in [0.25, 0.3) is 10.9 Å². The number of benzene rings is 1. The quantitative estimate of drug-likeness (QED) is 0.812. The van der Waals surface area contributed by atoms with Crippen LogP contribution < -0.4 is 9.64 Å². The van der Waals surface area contributed by atoms with Crippen LogP contribution in [0.1, 0.15) is 12.1 Å². The van der Waals surface area contributed by atoms with Crippen LogP contribution in [0.3, 0.4) is 0 Å². The number of terminal acetylenes is 1. The van der Waals surface area contributed by atoms with Crippen LogP contribution in [0.5, 0.6) is 5.75 Å². The van der Waals surface area contributed by atoms with E-state index in [2.05, 4.69) is 32.8 Å². The number of hydrogen-bond acceptors (Lipinski definition) is 4. The van der Waals surface area contributed by atoms with Gasteiger partial charge in [0.2, 0.25) is 0 Å². The average molecular weight is 309 g/mol. The molecule has 0 bridgehead atoms. The first-order chi connectivity index (χ1) is 11.2. The fraction of sp³-hybridized carbons (Fsp3) is 0.421. The number of nitrogens with zero attached hydrogens (tertiary/aromatic N) is 3. The third-order valence-electron chi connectivity index (χ3n) is 4.41. The maximum absolute atomic E-state index is 5.48. The summed E-state index contributed by atoms with van der Waals surface area (Å²) in [5, 5.41) is 1.16. The van der Waals surface area contributed by atoms with Crippen LogP contribution in [0.2, 0.25) is 0 Å². The lowest BCUT2D eigenvalue weighted by Gasteiger charge is -2.36. The van der Waals surface area contributed by atoms with Gasteiger partial charge in [-0.15, -0.1) is 12.3 Å². The Bertz CT molecular complexity index is 727. The first-order valence-corrected chi connectivity index (χ1v) is 8.08. The molecule has 4 nitrogen and oxygen atoms in total. The number of aryl methyl sites for hydroxylation is 1. The van der Waals surface area contributed by atoms with Gasteiger partial charge in [-0.25, -0.2) is 4.98 Å². The molecule has 4 heteroatoms. The van der Waals surface area contributed by atoms with Gasteiger partial charge in [-0.3, -0.25) is 4.90 Å². The molecule has 0 N–H and O–H groups in total. The lowest BCUT2D eigenvalue weighted by atomic mass is 10.1. The second kappa shape index (κ2) is 6.89. The van der Waals surface area contributed by atoms with Gasteiger partial charge >= 0.3 is 0 Å². The highest BCUT2D eigenvalue weighted by Crippen LogP contribution is 2.32. The smallest absolute Gasteiger partial charge is 0.145 e. The topological polar surface area (TPSA) is 28.6 Å². The Morgan fingerprint density at radius 1 is 1.26 bits per heavy atom. The van der Waals surface area contributed by atoms with Crippen molar-refractivity contribution in [3.8, 4) is 18.1 Å². The molecule has 23 heavy (non-hydrogen) atoms. The Hall–Kier alpha value is -2.25. The van der Waals surface area contributed by atoms with Gasteiger partial charge in [0.25, 0.3) is 0 Å². The molecule has 1 aromatic carbocycles. The molecule has 0 spiro atoms. The molecular formula is C19H23N3O. The molecule has 0 atom stereocenters. The van der Waals surface area contributed by atoms with E-state index >= 15 is 0 Å². The van der Waals surface area contributed by atoms with Crippen molar-refractivity contribution in [2.75, 3.05) is 44.7 Å². The van der Waals surface area contributed by atoms with Crippen molar-refractivity contribution in [3.05, 3.63) is 30.0 Å². The molecule has 3 rings (SSSR count). The van der Waals surface area contributed by atoms with Gasteiger partial charge in [0.1, 0.15) is 11.3 Å². The minimum Gasteiger partial charge on any atom is -0.494 e. The number of para-hydroxylation sites is 1. The van der Waals surface area contributed by atoms with Crippen LogP contribution in [0.4, 0.5) is 5.69 Å². The number of pyridine rings is 1. The molecule has 1 aliphatic rings. The highest BCUT2D eigenvalue weighted by atomic mass is 16.5. The second-order valence-corrected chi connectivity index (χ2v) is 5.92. The highest BCUT2D eigenvalue weighted by molar-refractivity contribution is 5.95. The van der Waals surface area contributed by atoms with Crippen LogP contribution in [0, 0.1) is 19.3 Å². The zero-order chi connectivity index (χ0) is 16.2. The van der Waals surface area contributed by atoms with Gasteiger partial charge in [-0.1, -0.05) is 12.1 Å². The van der Waals surface area contributed by atoms with Crippen molar-refractivity contribution in [2.45, 2.75) is 13.3 Å². The van der Waals surface area contributed by atoms with Crippen LogP contribution in [-0.2, 0) is 0 Å². The number of hydrogen-bond donors (Lipinski definition) is 0. The number of piperazine rings is 1. The average Bonchev–Trinajstić information content (AvgIpc) is 2.59. The number of ether oxygens (including phenoxy) is 1. The van der Waals surface area contributed by atoms with Crippen LogP contribution in [-0.4, -0.2) is 49.7 Å². The number of fused-ring (bicyclic) bond motifs is 1. The largest absolute Gasteiger partial charge is 0.494 e. The zero-order valence-electron chi connectivity index (χ0n) is 13.9. The zero-order valence-corrected chi connectivity index (χ0v) is 13.9. The molecule has 0 unspecified atom stereocenters. The standard InChI is InChI=1S/C19H23N3O/c1-4-5-9-21-10-12-22(13-11-21)17-14-15(2)20-19-16(17)7-6-8-18(19)23-3/h1,6-8,14H,5,9-13H2,2-3H3. The first-order valence-electron chi connectivity index (χ1n) is 8.08. The number of aromatic nitrogens is 1. The minimum absolute atomic E-state index is 0.828. The lowest BCUT2D eigenvalue weighted by Crippen LogP contribution is -2.46. The Kier molecular flexibility index (Phi) is 4.68. The Balaban J connectivity index is 1.88. The van der Waals surface area contributed by atoms with E-state index in [4.69, 9.17) is 11.2 Å². The van der Waals surface area contributed by atoms with Crippen molar-refractivity contribution >= 4 is 16.6 Å². The van der Waals surface area contributed by atoms with Crippen LogP contribution >= 0.6 is 0 Å². The van der Waals surface area contributed by atoms with E-state index < -0.39 is 0 Å². The van der Waals surface area contributed by atoms with E-state index in [0.717, 1.165) is 61.5 Å². The summed E-state index contributed by atoms with van der Waals surface area (Å²) in [6.07, 6.45) is 6.19. The van der Waals surface area contributed by atoms with Gasteiger partial charge < -0.3 is 9.64 Å². The summed E-state index contributed by atoms with van der Waals surface area (Å²) in [6, 6.07) is 8.31. The van der Waals surface area contributed by atoms with E-state index in [1.54, 1.807) is 7.11 Å². The molecule has 1 aromatic heterocycles. The maximum atomic E-state index is 5.48. The Morgan fingerprint density at radius 2 is 2.04 bits per heavy atom. The van der Waals surface area contributed by atoms with Gasteiger partial charge in [0.05, 0.1) is 7.11 Å². The summed E-state index contributed by atoms with van der Waals surface area (Å²) in [7, 11) is 1.70. The van der Waals surface area contributed by atoms with E-state index in [1.165, 1.54) is 5.69 Å². The molecule has 0 aliphatic carbocycles. The fourth-order valence-corrected chi connectivity index (χ4v) is 3.19. The van der Waals surface area contributed by atoms with Gasteiger partial charge in [-0.2, -0.15) is 0 Å². The molecule has 0 saturated carbocycles. The summed E-state index contributed by atoms with van der Waals surface area (Å²) < 4.78 is 5.48. The molecule has 1 saturated heterocycles. The molecule has 120 valence electrons. The summed E-state index contributed by atoms with van der Waals surface area (Å²) in [5.41, 5.74) is 3.22. The second-order valence-electron chi connectivity index (χ2n) is 5.92. The Labute approximate surface area is 138 Å². The van der Waals surface area contributed by atoms with Crippen molar-refractivity contribution < 1.29 is 4.74 Å². The minimum atomic E-state index is 0.828. The van der Waals surface area contributed by atoms with Gasteiger partial charge in [0.15, 0.2) is 0 Å². The predicted octanol–water partition coefficient (Wildman–Crippen LogP) is 2.70. The fourth-order valence-electron chi connectivity index (χ4n) is 3.19. The van der Waals surface area contributed by atoms with E-state index in [9.17, 15) is 0 Å². The number of rotatable bonds is 4. The number of anilines is 1. The monoisotopic (exact) mass is 309 g/mol. The summed E-state index contributed by atoms with van der Waals surface area (Å²) >= 11 is 0. The summed E-state index contributed by atoms with van der Waals surface area (Å²) in [5.74, 6) is 3.56. The SMILES string of the molecule is C#CCCN1CCN(c2cc(C)nc3c(OC)cccc23)CC1. The summed E-state index contributed by atoms with van der Waals surface area (Å²) in [6.45, 7) is 7.16. The predicted molar refractivity (Wildman–Crippen MR) is 95.1 cm³/mol. The molecule has 2 heterocycles. The third-order valence-corrected chi connectivity index (χ3v) is 4.41. The molecule has 2 aromatic rings. The van der Waals surface area contributed by atoms with Crippen molar-refractivity contribution in [2.24, 2.45) is 0 Å². The third kappa shape index (κ3) is 3.25. The molecule has 0 radical (unpaired) electrons. The van der Waals surface area contributed by atoms with E-state index in [1.807, 2.05) is 19.1 Å². The normalized spacial score (nSPS) is 15.6. The molecule has 0 amide bonds. The highest BCUT2D eigenvalue weighted by Gasteiger charge is 2.19. The first kappa shape index (κ1) is 15.6. The molecular weight excluding hydrogens is 286 g/mol. The molecule has 1 fully saturated rings. The van der Waals surface area contributed by atoms with Crippen molar-refractivity contribution in [3.63, 3.8) is 0 Å².